The van der Waals surface area contributed by atoms with E-state index in [0.29, 0.717) is 11.5 Å². The van der Waals surface area contributed by atoms with Crippen LogP contribution in [0.2, 0.25) is 0 Å². The molecule has 0 unspecified atom stereocenters. The fraction of sp³-hybridized carbons (Fsp3) is 0.556. The number of aliphatic hydroxyl groups excluding tert-OH is 1. The lowest BCUT2D eigenvalue weighted by molar-refractivity contribution is -0.742. The lowest BCUT2D eigenvalue weighted by Crippen LogP contribution is -2.47. The van der Waals surface area contributed by atoms with E-state index in [4.69, 9.17) is 34.9 Å². The van der Waals surface area contributed by atoms with Crippen LogP contribution in [-0.2, 0) is 0 Å². The average molecular weight is 409 g/mol. The number of methoxy groups -OCH3 is 2. The van der Waals surface area contributed by atoms with Crippen molar-refractivity contribution in [1.29, 1.82) is 0 Å². The molecule has 2 heterocycles. The first-order valence-electron chi connectivity index (χ1n) is 9.21. The normalized spacial score (nSPS) is 14.3. The second kappa shape index (κ2) is 10.6. The van der Waals surface area contributed by atoms with Gasteiger partial charge in [0.05, 0.1) is 19.7 Å². The molecular weight excluding hydrogens is 382 g/mol. The number of hydrogen-bond acceptors (Lipinski definition) is 9. The lowest BCUT2D eigenvalue weighted by atomic mass is 10.1. The van der Waals surface area contributed by atoms with E-state index in [1.165, 1.54) is 0 Å². The quantitative estimate of drug-likeness (QED) is 0.528. The predicted octanol–water partition coefficient (Wildman–Crippen LogP) is 1.11. The van der Waals surface area contributed by atoms with Crippen LogP contribution in [0.15, 0.2) is 12.1 Å². The highest BCUT2D eigenvalue weighted by Gasteiger charge is 2.21. The number of fused-ring (bicyclic) bond motifs is 1. The number of piperazine rings is 1. The Hall–Kier alpha value is -2.92. The van der Waals surface area contributed by atoms with Gasteiger partial charge in [-0.2, -0.15) is 0 Å². The summed E-state index contributed by atoms with van der Waals surface area (Å²) in [5.74, 6) is 3.06. The maximum atomic E-state index is 8.99. The Morgan fingerprint density at radius 1 is 1.14 bits per heavy atom. The highest BCUT2D eigenvalue weighted by atomic mass is 16.9. The van der Waals surface area contributed by atoms with E-state index in [2.05, 4.69) is 14.8 Å². The first-order chi connectivity index (χ1) is 13.9. The van der Waals surface area contributed by atoms with Gasteiger partial charge in [0, 0.05) is 50.8 Å². The fourth-order valence-corrected chi connectivity index (χ4v) is 3.27. The summed E-state index contributed by atoms with van der Waals surface area (Å²) in [6, 6.07) is 3.87. The van der Waals surface area contributed by atoms with Gasteiger partial charge in [0.2, 0.25) is 0 Å². The Balaban J connectivity index is 0.000000687. The molecular formula is C18H27N5O6. The second-order valence-electron chi connectivity index (χ2n) is 6.46. The smallest absolute Gasteiger partial charge is 0.291 e. The standard InChI is InChI=1S/C18H26N4O3.HNO3/c1-13-19-15-12-17(25-3)16(24-2)11-14(15)18(20-13)22-8-6-21(7-9-22)5-4-10-23;2-1(3)4/h11-12,23H,4-10H2,1-3H3;(H,2,3,4). The summed E-state index contributed by atoms with van der Waals surface area (Å²) < 4.78 is 10.8. The Bertz CT molecular complexity index is 822. The van der Waals surface area contributed by atoms with Crippen LogP contribution in [0.3, 0.4) is 0 Å². The molecule has 0 aliphatic carbocycles. The molecule has 2 N–H and O–H groups in total. The molecule has 1 fully saturated rings. The number of anilines is 1. The fourth-order valence-electron chi connectivity index (χ4n) is 3.27. The van der Waals surface area contributed by atoms with E-state index in [-0.39, 0.29) is 6.61 Å². The molecule has 0 bridgehead atoms. The molecule has 11 heteroatoms. The predicted molar refractivity (Wildman–Crippen MR) is 107 cm³/mol. The van der Waals surface area contributed by atoms with Gasteiger partial charge in [-0.1, -0.05) is 0 Å². The van der Waals surface area contributed by atoms with Crippen LogP contribution in [0.4, 0.5) is 5.82 Å². The minimum atomic E-state index is -1.50. The van der Waals surface area contributed by atoms with Crippen LogP contribution >= 0.6 is 0 Å². The van der Waals surface area contributed by atoms with Crippen molar-refractivity contribution in [1.82, 2.24) is 14.9 Å². The van der Waals surface area contributed by atoms with Crippen molar-refractivity contribution >= 4 is 16.7 Å². The van der Waals surface area contributed by atoms with Crippen molar-refractivity contribution < 1.29 is 24.9 Å². The topological polar surface area (TPSA) is 134 Å². The third-order valence-electron chi connectivity index (χ3n) is 4.60. The van der Waals surface area contributed by atoms with E-state index >= 15 is 0 Å². The van der Waals surface area contributed by atoms with Crippen LogP contribution in [0.25, 0.3) is 10.9 Å². The molecule has 0 radical (unpaired) electrons. The van der Waals surface area contributed by atoms with Gasteiger partial charge in [0.1, 0.15) is 11.6 Å². The summed E-state index contributed by atoms with van der Waals surface area (Å²) in [4.78, 5) is 22.3. The molecule has 0 saturated carbocycles. The van der Waals surface area contributed by atoms with Gasteiger partial charge in [-0.3, -0.25) is 4.90 Å². The molecule has 11 nitrogen and oxygen atoms in total. The van der Waals surface area contributed by atoms with Gasteiger partial charge in [0.25, 0.3) is 5.09 Å². The number of nitrogens with zero attached hydrogens (tertiary/aromatic N) is 5. The van der Waals surface area contributed by atoms with E-state index < -0.39 is 5.09 Å². The maximum absolute atomic E-state index is 8.99. The summed E-state index contributed by atoms with van der Waals surface area (Å²) >= 11 is 0. The molecule has 1 aliphatic heterocycles. The molecule has 29 heavy (non-hydrogen) atoms. The SMILES string of the molecule is COc1cc2nc(C)nc(N3CCN(CCCO)CC3)c2cc1OC.O=[N+]([O-])O. The number of hydrogen-bond donors (Lipinski definition) is 2. The van der Waals surface area contributed by atoms with Gasteiger partial charge in [-0.05, 0) is 19.4 Å². The monoisotopic (exact) mass is 409 g/mol. The van der Waals surface area contributed by atoms with E-state index in [1.807, 2.05) is 19.1 Å². The van der Waals surface area contributed by atoms with Crippen LogP contribution in [0.5, 0.6) is 11.5 Å². The summed E-state index contributed by atoms with van der Waals surface area (Å²) in [5.41, 5.74) is 0.864. The van der Waals surface area contributed by atoms with E-state index in [1.54, 1.807) is 14.2 Å². The molecule has 1 aromatic heterocycles. The van der Waals surface area contributed by atoms with Crippen molar-refractivity contribution in [3.8, 4) is 11.5 Å². The molecule has 0 atom stereocenters. The molecule has 2 aromatic rings. The van der Waals surface area contributed by atoms with Gasteiger partial charge in [-0.15, -0.1) is 10.1 Å². The van der Waals surface area contributed by atoms with Crippen molar-refractivity contribution in [3.05, 3.63) is 28.1 Å². The lowest BCUT2D eigenvalue weighted by Gasteiger charge is -2.35. The van der Waals surface area contributed by atoms with Crippen LogP contribution < -0.4 is 14.4 Å². The zero-order chi connectivity index (χ0) is 21.4. The number of rotatable bonds is 6. The number of benzene rings is 1. The van der Waals surface area contributed by atoms with Crippen molar-refractivity contribution in [3.63, 3.8) is 0 Å². The highest BCUT2D eigenvalue weighted by Crippen LogP contribution is 2.35. The van der Waals surface area contributed by atoms with Gasteiger partial charge >= 0.3 is 0 Å². The molecule has 0 spiro atoms. The third kappa shape index (κ3) is 6.03. The number of aromatic nitrogens is 2. The number of aryl methyl sites for hydroxylation is 1. The largest absolute Gasteiger partial charge is 0.493 e. The Labute approximate surface area is 168 Å². The minimum absolute atomic E-state index is 0.248. The first-order valence-corrected chi connectivity index (χ1v) is 9.21. The van der Waals surface area contributed by atoms with Gasteiger partial charge < -0.3 is 24.7 Å². The summed E-state index contributed by atoms with van der Waals surface area (Å²) in [6.45, 7) is 6.86. The zero-order valence-corrected chi connectivity index (χ0v) is 16.9. The Morgan fingerprint density at radius 3 is 2.28 bits per heavy atom. The van der Waals surface area contributed by atoms with Crippen molar-refractivity contribution in [2.24, 2.45) is 0 Å². The minimum Gasteiger partial charge on any atom is -0.493 e. The summed E-state index contributed by atoms with van der Waals surface area (Å²) in [6.07, 6.45) is 0.826. The van der Waals surface area contributed by atoms with Crippen molar-refractivity contribution in [2.45, 2.75) is 13.3 Å². The molecule has 1 aliphatic rings. The second-order valence-corrected chi connectivity index (χ2v) is 6.46. The Morgan fingerprint density at radius 2 is 1.72 bits per heavy atom. The van der Waals surface area contributed by atoms with Crippen LogP contribution in [-0.4, -0.2) is 83.8 Å². The molecule has 3 rings (SSSR count). The third-order valence-corrected chi connectivity index (χ3v) is 4.60. The summed E-state index contributed by atoms with van der Waals surface area (Å²) in [7, 11) is 3.27. The van der Waals surface area contributed by atoms with E-state index in [0.717, 1.165) is 61.7 Å². The number of ether oxygens (including phenoxy) is 2. The van der Waals surface area contributed by atoms with Crippen LogP contribution in [0.1, 0.15) is 12.2 Å². The average Bonchev–Trinajstić information content (AvgIpc) is 2.70. The first kappa shape index (κ1) is 22.4. The van der Waals surface area contributed by atoms with E-state index in [9.17, 15) is 0 Å². The van der Waals surface area contributed by atoms with Crippen molar-refractivity contribution in [2.75, 3.05) is 58.5 Å². The van der Waals surface area contributed by atoms with Crippen LogP contribution in [0, 0.1) is 17.0 Å². The molecule has 0 amide bonds. The zero-order valence-electron chi connectivity index (χ0n) is 16.9. The molecule has 160 valence electrons. The van der Waals surface area contributed by atoms with Gasteiger partial charge in [-0.25, -0.2) is 9.97 Å². The Kier molecular flexibility index (Phi) is 8.16. The maximum Gasteiger partial charge on any atom is 0.291 e. The molecule has 1 aromatic carbocycles. The summed E-state index contributed by atoms with van der Waals surface area (Å²) in [5, 5.41) is 23.6. The van der Waals surface area contributed by atoms with Gasteiger partial charge in [0.15, 0.2) is 11.5 Å². The number of aliphatic hydroxyl groups is 1. The highest BCUT2D eigenvalue weighted by molar-refractivity contribution is 5.92. The molecule has 1 saturated heterocycles.